The minimum Gasteiger partial charge on any atom is -0.481 e. The van der Waals surface area contributed by atoms with Crippen molar-refractivity contribution in [2.24, 2.45) is 0 Å². The van der Waals surface area contributed by atoms with Crippen molar-refractivity contribution in [1.82, 2.24) is 0 Å². The summed E-state index contributed by atoms with van der Waals surface area (Å²) in [4.78, 5) is 22.5. The number of benzene rings is 1. The van der Waals surface area contributed by atoms with Crippen LogP contribution in [0.15, 0.2) is 22.7 Å². The van der Waals surface area contributed by atoms with E-state index in [1.165, 1.54) is 0 Å². The van der Waals surface area contributed by atoms with E-state index in [-0.39, 0.29) is 12.2 Å². The monoisotopic (exact) mass is 304 g/mol. The standard InChI is InChI=1S/C11H10BrClO3/c1-6(13)11(16)7-3-2-4-9(12)8(7)5-10(14)15/h2-4,6H,5H2,1H3,(H,14,15). The average molecular weight is 306 g/mol. The zero-order valence-corrected chi connectivity index (χ0v) is 10.9. The average Bonchev–Trinajstić information content (AvgIpc) is 2.19. The maximum Gasteiger partial charge on any atom is 0.307 e. The summed E-state index contributed by atoms with van der Waals surface area (Å²) < 4.78 is 0.609. The van der Waals surface area contributed by atoms with Gasteiger partial charge in [0.2, 0.25) is 0 Å². The molecule has 1 aromatic carbocycles. The number of rotatable bonds is 4. The van der Waals surface area contributed by atoms with Gasteiger partial charge in [0, 0.05) is 10.0 Å². The van der Waals surface area contributed by atoms with E-state index in [1.807, 2.05) is 0 Å². The first kappa shape index (κ1) is 13.2. The fraction of sp³-hybridized carbons (Fsp3) is 0.273. The molecule has 0 amide bonds. The molecule has 1 atom stereocenters. The van der Waals surface area contributed by atoms with Crippen LogP contribution in [0.4, 0.5) is 0 Å². The lowest BCUT2D eigenvalue weighted by Crippen LogP contribution is -2.15. The van der Waals surface area contributed by atoms with Crippen molar-refractivity contribution in [2.75, 3.05) is 0 Å². The van der Waals surface area contributed by atoms with E-state index in [0.717, 1.165) is 0 Å². The van der Waals surface area contributed by atoms with Crippen LogP contribution in [0.5, 0.6) is 0 Å². The Morgan fingerprint density at radius 2 is 2.12 bits per heavy atom. The van der Waals surface area contributed by atoms with Crippen LogP contribution in [-0.2, 0) is 11.2 Å². The Morgan fingerprint density at radius 1 is 1.50 bits per heavy atom. The molecule has 0 fully saturated rings. The molecule has 16 heavy (non-hydrogen) atoms. The van der Waals surface area contributed by atoms with E-state index in [9.17, 15) is 9.59 Å². The van der Waals surface area contributed by atoms with Crippen LogP contribution in [-0.4, -0.2) is 22.2 Å². The van der Waals surface area contributed by atoms with E-state index >= 15 is 0 Å². The predicted molar refractivity (Wildman–Crippen MR) is 65.1 cm³/mol. The topological polar surface area (TPSA) is 54.4 Å². The zero-order chi connectivity index (χ0) is 12.3. The van der Waals surface area contributed by atoms with Gasteiger partial charge < -0.3 is 5.11 Å². The van der Waals surface area contributed by atoms with Gasteiger partial charge in [-0.1, -0.05) is 28.1 Å². The molecule has 1 N–H and O–H groups in total. The number of ketones is 1. The van der Waals surface area contributed by atoms with Gasteiger partial charge in [-0.15, -0.1) is 11.6 Å². The normalized spacial score (nSPS) is 12.2. The van der Waals surface area contributed by atoms with Gasteiger partial charge in [-0.2, -0.15) is 0 Å². The van der Waals surface area contributed by atoms with E-state index < -0.39 is 11.3 Å². The van der Waals surface area contributed by atoms with Gasteiger partial charge in [-0.25, -0.2) is 0 Å². The first-order valence-corrected chi connectivity index (χ1v) is 5.84. The second-order valence-electron chi connectivity index (χ2n) is 3.32. The van der Waals surface area contributed by atoms with Gasteiger partial charge in [0.25, 0.3) is 0 Å². The summed E-state index contributed by atoms with van der Waals surface area (Å²) in [5, 5.41) is 8.11. The molecular weight excluding hydrogens is 295 g/mol. The summed E-state index contributed by atoms with van der Waals surface area (Å²) in [7, 11) is 0. The van der Waals surface area contributed by atoms with Crippen LogP contribution in [0, 0.1) is 0 Å². The van der Waals surface area contributed by atoms with E-state index in [2.05, 4.69) is 15.9 Å². The van der Waals surface area contributed by atoms with E-state index in [4.69, 9.17) is 16.7 Å². The molecule has 0 spiro atoms. The molecule has 0 heterocycles. The third kappa shape index (κ3) is 3.06. The SMILES string of the molecule is CC(Cl)C(=O)c1cccc(Br)c1CC(=O)O. The molecule has 0 bridgehead atoms. The van der Waals surface area contributed by atoms with Crippen molar-refractivity contribution in [3.05, 3.63) is 33.8 Å². The summed E-state index contributed by atoms with van der Waals surface area (Å²) in [6, 6.07) is 4.97. The molecule has 0 saturated heterocycles. The number of carbonyl (C=O) groups is 2. The van der Waals surface area contributed by atoms with Crippen molar-refractivity contribution in [1.29, 1.82) is 0 Å². The van der Waals surface area contributed by atoms with Gasteiger partial charge in [-0.05, 0) is 18.6 Å². The van der Waals surface area contributed by atoms with Crippen molar-refractivity contribution in [2.45, 2.75) is 18.7 Å². The number of carbonyl (C=O) groups excluding carboxylic acids is 1. The van der Waals surface area contributed by atoms with Crippen molar-refractivity contribution in [3.63, 3.8) is 0 Å². The number of alkyl halides is 1. The molecule has 1 unspecified atom stereocenters. The van der Waals surface area contributed by atoms with Gasteiger partial charge in [0.1, 0.15) is 0 Å². The van der Waals surface area contributed by atoms with E-state index in [0.29, 0.717) is 15.6 Å². The van der Waals surface area contributed by atoms with Crippen LogP contribution in [0.1, 0.15) is 22.8 Å². The summed E-state index contributed by atoms with van der Waals surface area (Å²) in [6.45, 7) is 1.56. The first-order chi connectivity index (χ1) is 7.43. The highest BCUT2D eigenvalue weighted by atomic mass is 79.9. The molecule has 3 nitrogen and oxygen atoms in total. The van der Waals surface area contributed by atoms with Crippen LogP contribution in [0.2, 0.25) is 0 Å². The fourth-order valence-electron chi connectivity index (χ4n) is 1.33. The third-order valence-electron chi connectivity index (χ3n) is 2.07. The third-order valence-corrected chi connectivity index (χ3v) is 3.01. The zero-order valence-electron chi connectivity index (χ0n) is 8.54. The highest BCUT2D eigenvalue weighted by Crippen LogP contribution is 2.23. The summed E-state index contributed by atoms with van der Waals surface area (Å²) >= 11 is 8.95. The minimum absolute atomic E-state index is 0.202. The second kappa shape index (κ2) is 5.46. The maximum atomic E-state index is 11.8. The smallest absolute Gasteiger partial charge is 0.307 e. The van der Waals surface area contributed by atoms with E-state index in [1.54, 1.807) is 25.1 Å². The summed E-state index contributed by atoms with van der Waals surface area (Å²) in [6.07, 6.45) is -0.202. The lowest BCUT2D eigenvalue weighted by Gasteiger charge is -2.10. The molecule has 5 heteroatoms. The quantitative estimate of drug-likeness (QED) is 0.687. The number of hydrogen-bond donors (Lipinski definition) is 1. The highest BCUT2D eigenvalue weighted by Gasteiger charge is 2.19. The maximum absolute atomic E-state index is 11.8. The van der Waals surface area contributed by atoms with Crippen LogP contribution >= 0.6 is 27.5 Å². The molecule has 0 aliphatic rings. The lowest BCUT2D eigenvalue weighted by molar-refractivity contribution is -0.136. The first-order valence-electron chi connectivity index (χ1n) is 4.61. The molecule has 0 aliphatic carbocycles. The van der Waals surface area contributed by atoms with Crippen molar-refractivity contribution in [3.8, 4) is 0 Å². The molecule has 0 saturated carbocycles. The highest BCUT2D eigenvalue weighted by molar-refractivity contribution is 9.10. The number of hydrogen-bond acceptors (Lipinski definition) is 2. The molecule has 1 aromatic rings. The molecular formula is C11H10BrClO3. The Morgan fingerprint density at radius 3 is 2.62 bits per heavy atom. The van der Waals surface area contributed by atoms with Crippen LogP contribution in [0.3, 0.4) is 0 Å². The lowest BCUT2D eigenvalue weighted by atomic mass is 9.99. The number of aliphatic carboxylic acids is 1. The largest absolute Gasteiger partial charge is 0.481 e. The Balaban J connectivity index is 3.22. The Kier molecular flexibility index (Phi) is 4.50. The minimum atomic E-state index is -0.983. The van der Waals surface area contributed by atoms with Crippen LogP contribution in [0.25, 0.3) is 0 Å². The number of Topliss-reactive ketones (excluding diaryl/α,β-unsaturated/α-hetero) is 1. The van der Waals surface area contributed by atoms with Gasteiger partial charge in [0.15, 0.2) is 5.78 Å². The molecule has 1 rings (SSSR count). The van der Waals surface area contributed by atoms with Crippen molar-refractivity contribution < 1.29 is 14.7 Å². The second-order valence-corrected chi connectivity index (χ2v) is 4.83. The Labute approximate surface area is 107 Å². The number of carboxylic acid groups (broad SMARTS) is 1. The number of carboxylic acids is 1. The molecule has 0 aromatic heterocycles. The molecule has 0 aliphatic heterocycles. The summed E-state index contributed by atoms with van der Waals surface area (Å²) in [5.41, 5.74) is 0.826. The summed E-state index contributed by atoms with van der Waals surface area (Å²) in [5.74, 6) is -1.25. The molecule has 0 radical (unpaired) electrons. The van der Waals surface area contributed by atoms with Gasteiger partial charge in [0.05, 0.1) is 11.8 Å². The number of halogens is 2. The Bertz CT molecular complexity index is 429. The predicted octanol–water partition coefficient (Wildman–Crippen LogP) is 2.89. The fourth-order valence-corrected chi connectivity index (χ4v) is 1.96. The Hall–Kier alpha value is -0.870. The van der Waals surface area contributed by atoms with Crippen molar-refractivity contribution >= 4 is 39.3 Å². The van der Waals surface area contributed by atoms with Gasteiger partial charge >= 0.3 is 5.97 Å². The molecule has 86 valence electrons. The van der Waals surface area contributed by atoms with Crippen LogP contribution < -0.4 is 0 Å². The van der Waals surface area contributed by atoms with Gasteiger partial charge in [-0.3, -0.25) is 9.59 Å².